The maximum absolute atomic E-state index is 5.29. The fraction of sp³-hybridized carbons (Fsp3) is 0.333. The zero-order chi connectivity index (χ0) is 13.7. The van der Waals surface area contributed by atoms with Gasteiger partial charge in [-0.15, -0.1) is 11.3 Å². The molecule has 0 fully saturated rings. The number of halogens is 1. The van der Waals surface area contributed by atoms with Crippen LogP contribution in [0, 0.1) is 0 Å². The second-order valence-electron chi connectivity index (χ2n) is 4.30. The van der Waals surface area contributed by atoms with Crippen molar-refractivity contribution in [2.24, 2.45) is 0 Å². The minimum absolute atomic E-state index is 0.252. The standard InChI is InChI=1S/C15H18BrNOS/c1-3-8-17-15(14-5-4-9-19-14)11-6-7-13(18-2)12(16)10-11/h4-7,9-10,15,17H,3,8H2,1-2H3. The number of thiophene rings is 1. The van der Waals surface area contributed by atoms with Crippen LogP contribution in [0.1, 0.15) is 29.8 Å². The Morgan fingerprint density at radius 1 is 1.37 bits per heavy atom. The van der Waals surface area contributed by atoms with Crippen LogP contribution in [0.5, 0.6) is 5.75 Å². The summed E-state index contributed by atoms with van der Waals surface area (Å²) in [5, 5.41) is 5.72. The molecule has 1 aromatic heterocycles. The highest BCUT2D eigenvalue weighted by Crippen LogP contribution is 2.32. The molecular formula is C15H18BrNOS. The highest BCUT2D eigenvalue weighted by Gasteiger charge is 2.15. The molecule has 1 atom stereocenters. The number of methoxy groups -OCH3 is 1. The summed E-state index contributed by atoms with van der Waals surface area (Å²) in [6, 6.07) is 10.8. The first-order valence-corrected chi connectivity index (χ1v) is 8.03. The number of nitrogens with one attached hydrogen (secondary N) is 1. The Morgan fingerprint density at radius 3 is 2.79 bits per heavy atom. The zero-order valence-electron chi connectivity index (χ0n) is 11.2. The van der Waals surface area contributed by atoms with Gasteiger partial charge in [-0.2, -0.15) is 0 Å². The van der Waals surface area contributed by atoms with Gasteiger partial charge in [-0.05, 0) is 58.0 Å². The van der Waals surface area contributed by atoms with E-state index >= 15 is 0 Å². The summed E-state index contributed by atoms with van der Waals surface area (Å²) in [7, 11) is 1.69. The van der Waals surface area contributed by atoms with Crippen LogP contribution >= 0.6 is 27.3 Å². The lowest BCUT2D eigenvalue weighted by molar-refractivity contribution is 0.411. The molecule has 4 heteroatoms. The first-order valence-electron chi connectivity index (χ1n) is 6.36. The monoisotopic (exact) mass is 339 g/mol. The molecule has 0 spiro atoms. The maximum atomic E-state index is 5.29. The fourth-order valence-electron chi connectivity index (χ4n) is 1.99. The topological polar surface area (TPSA) is 21.3 Å². The Labute approximate surface area is 126 Å². The molecule has 2 rings (SSSR count). The highest BCUT2D eigenvalue weighted by atomic mass is 79.9. The molecule has 2 aromatic rings. The predicted octanol–water partition coefficient (Wildman–Crippen LogP) is 4.61. The van der Waals surface area contributed by atoms with Gasteiger partial charge >= 0.3 is 0 Å². The van der Waals surface area contributed by atoms with Crippen molar-refractivity contribution in [2.45, 2.75) is 19.4 Å². The van der Waals surface area contributed by atoms with Crippen LogP contribution in [0.4, 0.5) is 0 Å². The average Bonchev–Trinajstić information content (AvgIpc) is 2.93. The van der Waals surface area contributed by atoms with Crippen molar-refractivity contribution in [1.82, 2.24) is 5.32 Å². The fourth-order valence-corrected chi connectivity index (χ4v) is 3.37. The second-order valence-corrected chi connectivity index (χ2v) is 6.13. The van der Waals surface area contributed by atoms with Crippen LogP contribution in [0.2, 0.25) is 0 Å². The lowest BCUT2D eigenvalue weighted by Crippen LogP contribution is -2.22. The van der Waals surface area contributed by atoms with Crippen molar-refractivity contribution < 1.29 is 4.74 Å². The molecule has 0 aliphatic heterocycles. The normalized spacial score (nSPS) is 12.4. The van der Waals surface area contributed by atoms with Crippen molar-refractivity contribution in [3.63, 3.8) is 0 Å². The van der Waals surface area contributed by atoms with E-state index in [1.54, 1.807) is 18.4 Å². The molecule has 0 saturated heterocycles. The van der Waals surface area contributed by atoms with Gasteiger partial charge in [0.05, 0.1) is 17.6 Å². The van der Waals surface area contributed by atoms with Gasteiger partial charge in [0.15, 0.2) is 0 Å². The molecule has 0 aliphatic carbocycles. The van der Waals surface area contributed by atoms with Crippen molar-refractivity contribution in [3.8, 4) is 5.75 Å². The van der Waals surface area contributed by atoms with Gasteiger partial charge in [-0.25, -0.2) is 0 Å². The summed E-state index contributed by atoms with van der Waals surface area (Å²) in [5.41, 5.74) is 1.25. The van der Waals surface area contributed by atoms with Crippen LogP contribution in [0.15, 0.2) is 40.2 Å². The van der Waals surface area contributed by atoms with Gasteiger partial charge in [0.25, 0.3) is 0 Å². The van der Waals surface area contributed by atoms with E-state index in [2.05, 4.69) is 57.8 Å². The van der Waals surface area contributed by atoms with Crippen LogP contribution in [0.3, 0.4) is 0 Å². The minimum Gasteiger partial charge on any atom is -0.496 e. The molecule has 0 amide bonds. The highest BCUT2D eigenvalue weighted by molar-refractivity contribution is 9.10. The van der Waals surface area contributed by atoms with Gasteiger partial charge < -0.3 is 10.1 Å². The molecule has 1 unspecified atom stereocenters. The van der Waals surface area contributed by atoms with Crippen LogP contribution < -0.4 is 10.1 Å². The van der Waals surface area contributed by atoms with Crippen LogP contribution in [-0.4, -0.2) is 13.7 Å². The van der Waals surface area contributed by atoms with E-state index in [4.69, 9.17) is 4.74 Å². The van der Waals surface area contributed by atoms with Crippen molar-refractivity contribution in [2.75, 3.05) is 13.7 Å². The third-order valence-electron chi connectivity index (χ3n) is 2.94. The Kier molecular flexibility index (Phi) is 5.43. The molecule has 0 radical (unpaired) electrons. The van der Waals surface area contributed by atoms with E-state index < -0.39 is 0 Å². The molecular weight excluding hydrogens is 322 g/mol. The van der Waals surface area contributed by atoms with E-state index in [9.17, 15) is 0 Å². The van der Waals surface area contributed by atoms with E-state index in [0.717, 1.165) is 23.2 Å². The van der Waals surface area contributed by atoms with Gasteiger partial charge in [0.1, 0.15) is 5.75 Å². The minimum atomic E-state index is 0.252. The summed E-state index contributed by atoms with van der Waals surface area (Å²) in [6.45, 7) is 3.19. The Morgan fingerprint density at radius 2 is 2.21 bits per heavy atom. The van der Waals surface area contributed by atoms with Crippen molar-refractivity contribution in [3.05, 3.63) is 50.6 Å². The largest absolute Gasteiger partial charge is 0.496 e. The lowest BCUT2D eigenvalue weighted by Gasteiger charge is -2.18. The molecule has 102 valence electrons. The van der Waals surface area contributed by atoms with Crippen LogP contribution in [0.25, 0.3) is 0 Å². The predicted molar refractivity (Wildman–Crippen MR) is 85.1 cm³/mol. The van der Waals surface area contributed by atoms with E-state index in [1.807, 2.05) is 6.07 Å². The SMILES string of the molecule is CCCNC(c1ccc(OC)c(Br)c1)c1cccs1. The third kappa shape index (κ3) is 3.59. The van der Waals surface area contributed by atoms with Gasteiger partial charge in [0.2, 0.25) is 0 Å². The second kappa shape index (κ2) is 7.08. The molecule has 1 N–H and O–H groups in total. The molecule has 2 nitrogen and oxygen atoms in total. The van der Waals surface area contributed by atoms with Gasteiger partial charge in [-0.3, -0.25) is 0 Å². The van der Waals surface area contributed by atoms with E-state index in [1.165, 1.54) is 10.4 Å². The van der Waals surface area contributed by atoms with E-state index in [0.29, 0.717) is 0 Å². The summed E-state index contributed by atoms with van der Waals surface area (Å²) in [4.78, 5) is 1.34. The number of ether oxygens (including phenoxy) is 1. The zero-order valence-corrected chi connectivity index (χ0v) is 13.6. The van der Waals surface area contributed by atoms with Crippen molar-refractivity contribution in [1.29, 1.82) is 0 Å². The third-order valence-corrected chi connectivity index (χ3v) is 4.49. The summed E-state index contributed by atoms with van der Waals surface area (Å²) < 4.78 is 6.28. The number of rotatable bonds is 6. The molecule has 0 bridgehead atoms. The van der Waals surface area contributed by atoms with Gasteiger partial charge in [0, 0.05) is 4.88 Å². The first-order chi connectivity index (χ1) is 9.26. The Hall–Kier alpha value is -0.840. The van der Waals surface area contributed by atoms with Gasteiger partial charge in [-0.1, -0.05) is 19.1 Å². The molecule has 0 saturated carbocycles. The van der Waals surface area contributed by atoms with Crippen molar-refractivity contribution >= 4 is 27.3 Å². The van der Waals surface area contributed by atoms with E-state index in [-0.39, 0.29) is 6.04 Å². The number of hydrogen-bond donors (Lipinski definition) is 1. The lowest BCUT2D eigenvalue weighted by atomic mass is 10.0. The Bertz CT molecular complexity index is 513. The maximum Gasteiger partial charge on any atom is 0.133 e. The number of hydrogen-bond acceptors (Lipinski definition) is 3. The average molecular weight is 340 g/mol. The molecule has 1 heterocycles. The molecule has 19 heavy (non-hydrogen) atoms. The quantitative estimate of drug-likeness (QED) is 0.829. The smallest absolute Gasteiger partial charge is 0.133 e. The summed E-state index contributed by atoms with van der Waals surface area (Å²) in [5.74, 6) is 0.865. The molecule has 0 aliphatic rings. The molecule has 1 aromatic carbocycles. The first kappa shape index (κ1) is 14.6. The summed E-state index contributed by atoms with van der Waals surface area (Å²) in [6.07, 6.45) is 1.12. The number of benzene rings is 1. The van der Waals surface area contributed by atoms with Crippen LogP contribution in [-0.2, 0) is 0 Å². The summed E-state index contributed by atoms with van der Waals surface area (Å²) >= 11 is 5.34. The Balaban J connectivity index is 2.30.